The highest BCUT2D eigenvalue weighted by molar-refractivity contribution is 5.90. The number of fused-ring (bicyclic) bond motifs is 2. The van der Waals surface area contributed by atoms with Gasteiger partial charge < -0.3 is 20.5 Å². The zero-order valence-electron chi connectivity index (χ0n) is 16.0. The van der Waals surface area contributed by atoms with Gasteiger partial charge in [0, 0.05) is 18.6 Å². The molecule has 0 saturated carbocycles. The maximum atomic E-state index is 14.0. The third-order valence-electron chi connectivity index (χ3n) is 5.24. The van der Waals surface area contributed by atoms with Crippen molar-refractivity contribution in [3.8, 4) is 5.75 Å². The largest absolute Gasteiger partial charge is 0.489 e. The molecule has 3 heterocycles. The monoisotopic (exact) mass is 407 g/mol. The Hall–Kier alpha value is -2.75. The number of halogens is 2. The number of nitrogens with zero attached hydrogens (tertiary/aromatic N) is 3. The summed E-state index contributed by atoms with van der Waals surface area (Å²) in [5, 5.41) is 19.9. The number of nitrogens with one attached hydrogen (secondary N) is 2. The number of aliphatic hydroxyl groups excluding tert-OH is 1. The first-order valence-electron chi connectivity index (χ1n) is 9.79. The summed E-state index contributed by atoms with van der Waals surface area (Å²) in [4.78, 5) is 17.0. The maximum Gasteiger partial charge on any atom is 0.291 e. The van der Waals surface area contributed by atoms with E-state index in [0.29, 0.717) is 6.07 Å². The number of carbonyl (C=O) groups is 1. The van der Waals surface area contributed by atoms with E-state index in [9.17, 15) is 18.7 Å². The lowest BCUT2D eigenvalue weighted by Crippen LogP contribution is -2.49. The number of aliphatic hydroxyl groups is 1. The van der Waals surface area contributed by atoms with E-state index < -0.39 is 29.8 Å². The van der Waals surface area contributed by atoms with Crippen LogP contribution in [0.5, 0.6) is 5.75 Å². The third kappa shape index (κ3) is 3.89. The number of aromatic nitrogens is 3. The molecule has 1 aromatic heterocycles. The van der Waals surface area contributed by atoms with E-state index >= 15 is 0 Å². The van der Waals surface area contributed by atoms with Crippen LogP contribution in [0, 0.1) is 11.6 Å². The van der Waals surface area contributed by atoms with Gasteiger partial charge in [0.25, 0.3) is 5.91 Å². The number of hydrogen-bond acceptors (Lipinski definition) is 6. The Morgan fingerprint density at radius 3 is 3.07 bits per heavy atom. The molecule has 4 rings (SSSR count). The summed E-state index contributed by atoms with van der Waals surface area (Å²) in [6.07, 6.45) is 3.41. The first-order valence-corrected chi connectivity index (χ1v) is 9.79. The van der Waals surface area contributed by atoms with E-state index in [2.05, 4.69) is 27.6 Å². The van der Waals surface area contributed by atoms with Crippen molar-refractivity contribution in [3.05, 3.63) is 35.4 Å². The topological polar surface area (TPSA) is 101 Å². The molecule has 2 aliphatic rings. The highest BCUT2D eigenvalue weighted by Crippen LogP contribution is 2.32. The molecule has 3 atom stereocenters. The van der Waals surface area contributed by atoms with Gasteiger partial charge >= 0.3 is 0 Å². The number of anilines is 1. The van der Waals surface area contributed by atoms with Crippen LogP contribution in [0.25, 0.3) is 0 Å². The molecule has 1 amide bonds. The molecule has 10 heteroatoms. The van der Waals surface area contributed by atoms with Gasteiger partial charge in [0.15, 0.2) is 5.82 Å². The average molecular weight is 407 g/mol. The van der Waals surface area contributed by atoms with E-state index in [1.54, 1.807) is 0 Å². The molecule has 0 aliphatic carbocycles. The van der Waals surface area contributed by atoms with Crippen molar-refractivity contribution in [2.75, 3.05) is 11.9 Å². The van der Waals surface area contributed by atoms with Crippen molar-refractivity contribution >= 4 is 11.6 Å². The molecular formula is C19H23F2N5O3. The number of benzene rings is 1. The van der Waals surface area contributed by atoms with Crippen LogP contribution in [0.1, 0.15) is 55.1 Å². The summed E-state index contributed by atoms with van der Waals surface area (Å²) >= 11 is 0. The second kappa shape index (κ2) is 7.94. The van der Waals surface area contributed by atoms with Crippen LogP contribution in [-0.4, -0.2) is 44.7 Å². The van der Waals surface area contributed by atoms with Gasteiger partial charge in [0.2, 0.25) is 5.82 Å². The number of rotatable bonds is 4. The zero-order chi connectivity index (χ0) is 20.5. The summed E-state index contributed by atoms with van der Waals surface area (Å²) in [5.41, 5.74) is -0.159. The Morgan fingerprint density at radius 1 is 1.45 bits per heavy atom. The molecule has 0 saturated heterocycles. The molecule has 0 fully saturated rings. The van der Waals surface area contributed by atoms with Gasteiger partial charge in [-0.1, -0.05) is 13.3 Å². The molecule has 1 aromatic carbocycles. The molecule has 0 spiro atoms. The van der Waals surface area contributed by atoms with E-state index in [1.165, 1.54) is 0 Å². The fraction of sp³-hybridized carbons (Fsp3) is 0.526. The Balaban J connectivity index is 1.49. The van der Waals surface area contributed by atoms with Gasteiger partial charge in [-0.25, -0.2) is 18.4 Å². The number of carbonyl (C=O) groups excluding carboxylic acids is 1. The predicted molar refractivity (Wildman–Crippen MR) is 99.6 cm³/mol. The van der Waals surface area contributed by atoms with Crippen molar-refractivity contribution in [2.45, 2.75) is 57.3 Å². The molecule has 2 aliphatic heterocycles. The standard InChI is InChI=1S/C19H23F2N5O3/c1-2-4-11-5-3-6-15-23-17(25-26(11)15)19(28)22-13-9-29-14-8-10(20)7-12(21)16(14)24-18(13)27/h7-8,11,13,18,24,27H,2-6,9H2,1H3,(H,22,28)/t11-,13+,18?/m1/s1. The summed E-state index contributed by atoms with van der Waals surface area (Å²) in [7, 11) is 0. The maximum absolute atomic E-state index is 14.0. The van der Waals surface area contributed by atoms with E-state index in [0.717, 1.165) is 44.0 Å². The minimum absolute atomic E-state index is 0.0224. The van der Waals surface area contributed by atoms with Gasteiger partial charge in [0.1, 0.15) is 42.0 Å². The lowest BCUT2D eigenvalue weighted by atomic mass is 10.0. The van der Waals surface area contributed by atoms with Gasteiger partial charge in [-0.15, -0.1) is 5.10 Å². The van der Waals surface area contributed by atoms with E-state index in [-0.39, 0.29) is 29.9 Å². The van der Waals surface area contributed by atoms with Crippen LogP contribution >= 0.6 is 0 Å². The van der Waals surface area contributed by atoms with Crippen LogP contribution in [0.15, 0.2) is 12.1 Å². The van der Waals surface area contributed by atoms with Crippen LogP contribution < -0.4 is 15.4 Å². The van der Waals surface area contributed by atoms with Crippen molar-refractivity contribution in [1.29, 1.82) is 0 Å². The minimum atomic E-state index is -1.34. The normalized spacial score (nSPS) is 23.2. The fourth-order valence-electron chi connectivity index (χ4n) is 3.81. The number of amides is 1. The second-order valence-electron chi connectivity index (χ2n) is 7.37. The van der Waals surface area contributed by atoms with Crippen molar-refractivity contribution in [2.24, 2.45) is 0 Å². The van der Waals surface area contributed by atoms with Crippen LogP contribution in [0.2, 0.25) is 0 Å². The molecule has 1 unspecified atom stereocenters. The SMILES string of the molecule is CCC[C@@H]1CCCc2nc(C(=O)N[C@H]3COc4cc(F)cc(F)c4NC3O)nn21. The van der Waals surface area contributed by atoms with E-state index in [1.807, 2.05) is 4.68 Å². The fourth-order valence-corrected chi connectivity index (χ4v) is 3.81. The van der Waals surface area contributed by atoms with Gasteiger partial charge in [-0.2, -0.15) is 0 Å². The molecule has 0 radical (unpaired) electrons. The quantitative estimate of drug-likeness (QED) is 0.718. The Bertz CT molecular complexity index is 919. The third-order valence-corrected chi connectivity index (χ3v) is 5.24. The summed E-state index contributed by atoms with van der Waals surface area (Å²) in [6, 6.07) is 1.02. The highest BCUT2D eigenvalue weighted by Gasteiger charge is 2.31. The number of ether oxygens (including phenoxy) is 1. The average Bonchev–Trinajstić information content (AvgIpc) is 3.06. The molecule has 0 bridgehead atoms. The van der Waals surface area contributed by atoms with Gasteiger partial charge in [-0.3, -0.25) is 4.79 Å². The molecule has 8 nitrogen and oxygen atoms in total. The molecule has 29 heavy (non-hydrogen) atoms. The van der Waals surface area contributed by atoms with Crippen LogP contribution in [0.3, 0.4) is 0 Å². The van der Waals surface area contributed by atoms with Crippen LogP contribution in [0.4, 0.5) is 14.5 Å². The van der Waals surface area contributed by atoms with Crippen molar-refractivity contribution in [3.63, 3.8) is 0 Å². The Kier molecular flexibility index (Phi) is 5.35. The lowest BCUT2D eigenvalue weighted by Gasteiger charge is -2.22. The van der Waals surface area contributed by atoms with Gasteiger partial charge in [-0.05, 0) is 19.3 Å². The molecular weight excluding hydrogens is 384 g/mol. The highest BCUT2D eigenvalue weighted by atomic mass is 19.1. The minimum Gasteiger partial charge on any atom is -0.489 e. The Labute approximate surface area is 166 Å². The first kappa shape index (κ1) is 19.6. The molecule has 2 aromatic rings. The van der Waals surface area contributed by atoms with E-state index in [4.69, 9.17) is 4.74 Å². The van der Waals surface area contributed by atoms with Gasteiger partial charge in [0.05, 0.1) is 6.04 Å². The summed E-state index contributed by atoms with van der Waals surface area (Å²) < 4.78 is 34.6. The second-order valence-corrected chi connectivity index (χ2v) is 7.37. The molecule has 156 valence electrons. The smallest absolute Gasteiger partial charge is 0.291 e. The van der Waals surface area contributed by atoms with Crippen molar-refractivity contribution in [1.82, 2.24) is 20.1 Å². The van der Waals surface area contributed by atoms with Crippen LogP contribution in [-0.2, 0) is 6.42 Å². The summed E-state index contributed by atoms with van der Waals surface area (Å²) in [6.45, 7) is 1.92. The number of hydrogen-bond donors (Lipinski definition) is 3. The van der Waals surface area contributed by atoms with Crippen molar-refractivity contribution < 1.29 is 23.4 Å². The number of aryl methyl sites for hydroxylation is 1. The first-order chi connectivity index (χ1) is 14.0. The Morgan fingerprint density at radius 2 is 2.28 bits per heavy atom. The molecule has 3 N–H and O–H groups in total. The zero-order valence-corrected chi connectivity index (χ0v) is 16.0. The lowest BCUT2D eigenvalue weighted by molar-refractivity contribution is 0.0809. The predicted octanol–water partition coefficient (Wildman–Crippen LogP) is 2.16. The summed E-state index contributed by atoms with van der Waals surface area (Å²) in [5.74, 6) is -1.52.